The van der Waals surface area contributed by atoms with Crippen molar-refractivity contribution in [3.8, 4) is 17.1 Å². The Bertz CT molecular complexity index is 1040. The number of nitrogens with one attached hydrogen (secondary N) is 2. The summed E-state index contributed by atoms with van der Waals surface area (Å²) >= 11 is 0. The Morgan fingerprint density at radius 3 is 2.68 bits per heavy atom. The lowest BCUT2D eigenvalue weighted by molar-refractivity contribution is 0.208. The number of aryl methyl sites for hydroxylation is 1. The van der Waals surface area contributed by atoms with E-state index in [9.17, 15) is 4.79 Å². The second-order valence-electron chi connectivity index (χ2n) is 8.57. The van der Waals surface area contributed by atoms with Crippen molar-refractivity contribution in [1.29, 1.82) is 0 Å². The lowest BCUT2D eigenvalue weighted by atomic mass is 10.0. The number of carbonyl (C=O) groups is 1. The molecule has 1 unspecified atom stereocenters. The summed E-state index contributed by atoms with van der Waals surface area (Å²) in [4.78, 5) is 21.9. The van der Waals surface area contributed by atoms with Crippen LogP contribution in [0.1, 0.15) is 48.4 Å². The minimum absolute atomic E-state index is 0.0265. The number of H-pyrrole nitrogens is 1. The number of amides is 2. The monoisotopic (exact) mass is 416 g/mol. The van der Waals surface area contributed by atoms with Crippen LogP contribution in [-0.4, -0.2) is 33.5 Å². The van der Waals surface area contributed by atoms with Gasteiger partial charge in [0.25, 0.3) is 0 Å². The first-order valence-electron chi connectivity index (χ1n) is 11.1. The van der Waals surface area contributed by atoms with E-state index in [2.05, 4.69) is 52.5 Å². The number of carbonyl (C=O) groups excluding carboxylic acids is 1. The third kappa shape index (κ3) is 4.29. The van der Waals surface area contributed by atoms with Crippen LogP contribution in [0.4, 0.5) is 4.79 Å². The van der Waals surface area contributed by atoms with Gasteiger partial charge in [0.05, 0.1) is 12.1 Å². The summed E-state index contributed by atoms with van der Waals surface area (Å²) in [5, 5.41) is 3.13. The van der Waals surface area contributed by atoms with Crippen LogP contribution >= 0.6 is 0 Å². The number of aromatic nitrogens is 2. The van der Waals surface area contributed by atoms with Gasteiger partial charge < -0.3 is 19.9 Å². The fraction of sp³-hybridized carbons (Fsp3) is 0.360. The number of imidazole rings is 1. The van der Waals surface area contributed by atoms with Crippen molar-refractivity contribution in [1.82, 2.24) is 20.2 Å². The number of benzene rings is 2. The predicted molar refractivity (Wildman–Crippen MR) is 120 cm³/mol. The van der Waals surface area contributed by atoms with Crippen LogP contribution in [0.3, 0.4) is 0 Å². The molecule has 2 aromatic carbocycles. The highest BCUT2D eigenvalue weighted by molar-refractivity contribution is 5.77. The number of rotatable bonds is 6. The zero-order chi connectivity index (χ0) is 21.2. The summed E-state index contributed by atoms with van der Waals surface area (Å²) in [6, 6.07) is 14.4. The van der Waals surface area contributed by atoms with Gasteiger partial charge in [-0.15, -0.1) is 0 Å². The van der Waals surface area contributed by atoms with E-state index >= 15 is 0 Å². The van der Waals surface area contributed by atoms with E-state index < -0.39 is 0 Å². The van der Waals surface area contributed by atoms with E-state index in [0.717, 1.165) is 46.7 Å². The Morgan fingerprint density at radius 2 is 1.94 bits per heavy atom. The van der Waals surface area contributed by atoms with Crippen molar-refractivity contribution in [2.24, 2.45) is 0 Å². The van der Waals surface area contributed by atoms with E-state index in [1.54, 1.807) is 6.20 Å². The van der Waals surface area contributed by atoms with Crippen LogP contribution in [-0.2, 0) is 6.54 Å². The molecule has 1 saturated heterocycles. The van der Waals surface area contributed by atoms with Gasteiger partial charge in [-0.05, 0) is 55.4 Å². The summed E-state index contributed by atoms with van der Waals surface area (Å²) in [5.41, 5.74) is 4.38. The van der Waals surface area contributed by atoms with Gasteiger partial charge >= 0.3 is 6.03 Å². The molecule has 1 atom stereocenters. The summed E-state index contributed by atoms with van der Waals surface area (Å²) in [6.45, 7) is 3.31. The molecule has 0 bridgehead atoms. The molecule has 160 valence electrons. The van der Waals surface area contributed by atoms with E-state index in [1.165, 1.54) is 12.8 Å². The molecule has 0 radical (unpaired) electrons. The molecule has 1 aliphatic heterocycles. The molecule has 3 aromatic rings. The first-order chi connectivity index (χ1) is 15.2. The molecule has 5 rings (SSSR count). The molecule has 2 fully saturated rings. The number of nitrogens with zero attached hydrogens (tertiary/aromatic N) is 2. The standard InChI is InChI=1S/C25H28N4O2/c1-17-6-9-20(14-23(17)31-21-4-2-3-5-21)22-16-29(25(30)28-22)15-18-7-10-19(11-8-18)24-26-12-13-27-24/h6-14,21-22H,2-5,15-16H2,1H3,(H,26,27)(H,28,30). The van der Waals surface area contributed by atoms with Gasteiger partial charge in [-0.2, -0.15) is 0 Å². The first-order valence-corrected chi connectivity index (χ1v) is 11.1. The maximum absolute atomic E-state index is 12.6. The normalized spacial score (nSPS) is 19.1. The predicted octanol–water partition coefficient (Wildman–Crippen LogP) is 4.97. The molecule has 6 nitrogen and oxygen atoms in total. The number of ether oxygens (including phenoxy) is 1. The van der Waals surface area contributed by atoms with Crippen LogP contribution in [0.25, 0.3) is 11.4 Å². The Labute approximate surface area is 182 Å². The van der Waals surface area contributed by atoms with Gasteiger partial charge in [-0.1, -0.05) is 36.4 Å². The molecule has 31 heavy (non-hydrogen) atoms. The maximum atomic E-state index is 12.6. The second-order valence-corrected chi connectivity index (χ2v) is 8.57. The number of aromatic amines is 1. The molecule has 2 heterocycles. The van der Waals surface area contributed by atoms with Crippen LogP contribution in [0.15, 0.2) is 54.9 Å². The molecule has 2 N–H and O–H groups in total. The lowest BCUT2D eigenvalue weighted by Gasteiger charge is -2.18. The van der Waals surface area contributed by atoms with Gasteiger partial charge in [0, 0.05) is 31.0 Å². The smallest absolute Gasteiger partial charge is 0.318 e. The highest BCUT2D eigenvalue weighted by Gasteiger charge is 2.30. The quantitative estimate of drug-likeness (QED) is 0.596. The molecular formula is C25H28N4O2. The van der Waals surface area contributed by atoms with Crippen LogP contribution in [0.2, 0.25) is 0 Å². The minimum Gasteiger partial charge on any atom is -0.490 e. The fourth-order valence-corrected chi connectivity index (χ4v) is 4.47. The van der Waals surface area contributed by atoms with Gasteiger partial charge in [-0.3, -0.25) is 0 Å². The SMILES string of the molecule is Cc1ccc(C2CN(Cc3ccc(-c4ncc[nH]4)cc3)C(=O)N2)cc1OC1CCCC1. The summed E-state index contributed by atoms with van der Waals surface area (Å²) in [6.07, 6.45) is 8.65. The van der Waals surface area contributed by atoms with Crippen molar-refractivity contribution in [2.75, 3.05) is 6.54 Å². The average molecular weight is 417 g/mol. The fourth-order valence-electron chi connectivity index (χ4n) is 4.47. The Morgan fingerprint density at radius 1 is 1.13 bits per heavy atom. The number of urea groups is 1. The van der Waals surface area contributed by atoms with E-state index in [-0.39, 0.29) is 12.1 Å². The van der Waals surface area contributed by atoms with Crippen molar-refractivity contribution in [3.63, 3.8) is 0 Å². The van der Waals surface area contributed by atoms with Crippen molar-refractivity contribution >= 4 is 6.03 Å². The van der Waals surface area contributed by atoms with Gasteiger partial charge in [0.15, 0.2) is 0 Å². The van der Waals surface area contributed by atoms with Crippen molar-refractivity contribution in [2.45, 2.75) is 51.3 Å². The Hall–Kier alpha value is -3.28. The molecule has 0 spiro atoms. The van der Waals surface area contributed by atoms with Crippen LogP contribution in [0, 0.1) is 6.92 Å². The van der Waals surface area contributed by atoms with Gasteiger partial charge in [-0.25, -0.2) is 9.78 Å². The zero-order valence-electron chi connectivity index (χ0n) is 17.8. The van der Waals surface area contributed by atoms with Gasteiger partial charge in [0.1, 0.15) is 11.6 Å². The molecule has 2 aliphatic rings. The highest BCUT2D eigenvalue weighted by Crippen LogP contribution is 2.30. The number of hydrogen-bond acceptors (Lipinski definition) is 3. The molecule has 1 aromatic heterocycles. The second kappa shape index (κ2) is 8.46. The third-order valence-electron chi connectivity index (χ3n) is 6.30. The van der Waals surface area contributed by atoms with Crippen molar-refractivity contribution < 1.29 is 9.53 Å². The topological polar surface area (TPSA) is 70.2 Å². The summed E-state index contributed by atoms with van der Waals surface area (Å²) in [7, 11) is 0. The van der Waals surface area contributed by atoms with Crippen molar-refractivity contribution in [3.05, 3.63) is 71.5 Å². The van der Waals surface area contributed by atoms with Crippen LogP contribution < -0.4 is 10.1 Å². The van der Waals surface area contributed by atoms with E-state index in [4.69, 9.17) is 4.74 Å². The Kier molecular flexibility index (Phi) is 5.37. The minimum atomic E-state index is -0.0288. The van der Waals surface area contributed by atoms with Crippen LogP contribution in [0.5, 0.6) is 5.75 Å². The zero-order valence-corrected chi connectivity index (χ0v) is 17.8. The largest absolute Gasteiger partial charge is 0.490 e. The molecule has 1 saturated carbocycles. The average Bonchev–Trinajstić information content (AvgIpc) is 3.54. The van der Waals surface area contributed by atoms with Gasteiger partial charge in [0.2, 0.25) is 0 Å². The first kappa shape index (κ1) is 19.7. The third-order valence-corrected chi connectivity index (χ3v) is 6.30. The summed E-state index contributed by atoms with van der Waals surface area (Å²) in [5.74, 6) is 1.80. The van der Waals surface area contributed by atoms with E-state index in [1.807, 2.05) is 23.2 Å². The molecular weight excluding hydrogens is 388 g/mol. The highest BCUT2D eigenvalue weighted by atomic mass is 16.5. The molecule has 6 heteroatoms. The molecule has 1 aliphatic carbocycles. The lowest BCUT2D eigenvalue weighted by Crippen LogP contribution is -2.27. The number of hydrogen-bond donors (Lipinski definition) is 2. The molecule has 2 amide bonds. The maximum Gasteiger partial charge on any atom is 0.318 e. The van der Waals surface area contributed by atoms with E-state index in [0.29, 0.717) is 19.2 Å². The summed E-state index contributed by atoms with van der Waals surface area (Å²) < 4.78 is 6.26. The Balaban J connectivity index is 1.25.